The quantitative estimate of drug-likeness (QED) is 0.166. The van der Waals surface area contributed by atoms with Crippen molar-refractivity contribution in [1.29, 1.82) is 0 Å². The average Bonchev–Trinajstić information content (AvgIpc) is 2.90. The smallest absolute Gasteiger partial charge is 0.172 e. The molecular formula is C27H29ClF4N2O2S. The fourth-order valence-electron chi connectivity index (χ4n) is 4.85. The second-order valence-electron chi connectivity index (χ2n) is 9.46. The Morgan fingerprint density at radius 1 is 1.19 bits per heavy atom. The van der Waals surface area contributed by atoms with Gasteiger partial charge in [-0.2, -0.15) is 0 Å². The standard InChI is InChI=1S/C27H29ClF4N2O2S/c1-36-18-2-3-23-19(14-18)25(20(28)15-33-23)21(30)4-5-27(16-35)6-8-34(9-7-27)10-11-37-24-13-17(29)12-22(31)26(24)32/h2-3,12-15,21,35H,4-11,16H2,1H3/t21-/m0/s1. The van der Waals surface area contributed by atoms with Crippen molar-refractivity contribution >= 4 is 34.3 Å². The fourth-order valence-corrected chi connectivity index (χ4v) is 6.11. The Hall–Kier alpha value is -2.07. The Bertz CT molecular complexity index is 1240. The number of aliphatic hydroxyl groups is 1. The van der Waals surface area contributed by atoms with Crippen LogP contribution in [0.2, 0.25) is 5.02 Å². The highest BCUT2D eigenvalue weighted by atomic mass is 35.5. The number of hydrogen-bond acceptors (Lipinski definition) is 5. The lowest BCUT2D eigenvalue weighted by atomic mass is 9.74. The molecule has 1 fully saturated rings. The lowest BCUT2D eigenvalue weighted by Crippen LogP contribution is -2.42. The molecule has 2 aromatic carbocycles. The summed E-state index contributed by atoms with van der Waals surface area (Å²) in [6, 6.07) is 6.79. The molecule has 0 aliphatic carbocycles. The predicted molar refractivity (Wildman–Crippen MR) is 139 cm³/mol. The number of fused-ring (bicyclic) bond motifs is 1. The summed E-state index contributed by atoms with van der Waals surface area (Å²) in [6.07, 6.45) is 2.19. The zero-order valence-electron chi connectivity index (χ0n) is 20.5. The van der Waals surface area contributed by atoms with Crippen molar-refractivity contribution in [1.82, 2.24) is 9.88 Å². The van der Waals surface area contributed by atoms with E-state index in [4.69, 9.17) is 16.3 Å². The van der Waals surface area contributed by atoms with Gasteiger partial charge >= 0.3 is 0 Å². The van der Waals surface area contributed by atoms with Gasteiger partial charge in [0.1, 0.15) is 17.7 Å². The topological polar surface area (TPSA) is 45.6 Å². The van der Waals surface area contributed by atoms with E-state index in [1.165, 1.54) is 6.20 Å². The molecule has 0 bridgehead atoms. The Kier molecular flexibility index (Phi) is 9.21. The first kappa shape index (κ1) is 28.0. The van der Waals surface area contributed by atoms with Gasteiger partial charge in [0.2, 0.25) is 0 Å². The van der Waals surface area contributed by atoms with Crippen LogP contribution in [0.3, 0.4) is 0 Å². The first-order chi connectivity index (χ1) is 17.7. The van der Waals surface area contributed by atoms with Crippen molar-refractivity contribution < 1.29 is 27.4 Å². The molecule has 2 heterocycles. The van der Waals surface area contributed by atoms with E-state index in [0.29, 0.717) is 72.9 Å². The van der Waals surface area contributed by atoms with Crippen molar-refractivity contribution in [2.24, 2.45) is 5.41 Å². The van der Waals surface area contributed by atoms with E-state index in [-0.39, 0.29) is 22.9 Å². The van der Waals surface area contributed by atoms with E-state index in [1.54, 1.807) is 25.3 Å². The number of nitrogens with zero attached hydrogens (tertiary/aromatic N) is 2. The molecule has 0 unspecified atom stereocenters. The highest BCUT2D eigenvalue weighted by Crippen LogP contribution is 2.42. The summed E-state index contributed by atoms with van der Waals surface area (Å²) < 4.78 is 61.5. The first-order valence-corrected chi connectivity index (χ1v) is 13.5. The third-order valence-corrected chi connectivity index (χ3v) is 8.48. The highest BCUT2D eigenvalue weighted by Gasteiger charge is 2.35. The van der Waals surface area contributed by atoms with Gasteiger partial charge in [-0.3, -0.25) is 4.98 Å². The van der Waals surface area contributed by atoms with Crippen molar-refractivity contribution in [3.8, 4) is 5.75 Å². The number of benzene rings is 2. The van der Waals surface area contributed by atoms with Gasteiger partial charge in [-0.25, -0.2) is 17.6 Å². The van der Waals surface area contributed by atoms with Crippen LogP contribution in [0.1, 0.15) is 37.4 Å². The Labute approximate surface area is 223 Å². The number of likely N-dealkylation sites (tertiary alicyclic amines) is 1. The molecule has 1 atom stereocenters. The third kappa shape index (κ3) is 6.50. The minimum Gasteiger partial charge on any atom is -0.497 e. The normalized spacial score (nSPS) is 16.7. The Balaban J connectivity index is 1.33. The van der Waals surface area contributed by atoms with Crippen molar-refractivity contribution in [3.05, 3.63) is 64.6 Å². The second-order valence-corrected chi connectivity index (χ2v) is 11.0. The monoisotopic (exact) mass is 556 g/mol. The summed E-state index contributed by atoms with van der Waals surface area (Å²) in [6.45, 7) is 1.94. The van der Waals surface area contributed by atoms with E-state index >= 15 is 4.39 Å². The van der Waals surface area contributed by atoms with Gasteiger partial charge in [-0.05, 0) is 68.5 Å². The van der Waals surface area contributed by atoms with Crippen LogP contribution < -0.4 is 4.74 Å². The van der Waals surface area contributed by atoms with Gasteiger partial charge in [-0.15, -0.1) is 11.8 Å². The predicted octanol–water partition coefficient (Wildman–Crippen LogP) is 6.97. The summed E-state index contributed by atoms with van der Waals surface area (Å²) in [7, 11) is 1.54. The minimum absolute atomic E-state index is 0.0469. The number of hydrogen-bond donors (Lipinski definition) is 1. The lowest BCUT2D eigenvalue weighted by Gasteiger charge is -2.41. The van der Waals surface area contributed by atoms with Gasteiger partial charge in [0.25, 0.3) is 0 Å². The van der Waals surface area contributed by atoms with Crippen LogP contribution in [-0.2, 0) is 0 Å². The van der Waals surface area contributed by atoms with Crippen molar-refractivity contribution in [2.75, 3.05) is 39.1 Å². The molecule has 0 spiro atoms. The van der Waals surface area contributed by atoms with E-state index in [2.05, 4.69) is 9.88 Å². The maximum Gasteiger partial charge on any atom is 0.172 e. The molecule has 3 aromatic rings. The van der Waals surface area contributed by atoms with Crippen LogP contribution in [0.15, 0.2) is 41.4 Å². The van der Waals surface area contributed by atoms with E-state index in [1.807, 2.05) is 0 Å². The van der Waals surface area contributed by atoms with Crippen LogP contribution in [0, 0.1) is 22.9 Å². The van der Waals surface area contributed by atoms with E-state index in [0.717, 1.165) is 17.8 Å². The molecule has 0 radical (unpaired) electrons. The number of methoxy groups -OCH3 is 1. The first-order valence-electron chi connectivity index (χ1n) is 12.1. The summed E-state index contributed by atoms with van der Waals surface area (Å²) >= 11 is 7.43. The molecule has 1 saturated heterocycles. The number of piperidine rings is 1. The van der Waals surface area contributed by atoms with Crippen molar-refractivity contribution in [2.45, 2.75) is 36.8 Å². The van der Waals surface area contributed by atoms with Crippen LogP contribution in [0.4, 0.5) is 17.6 Å². The molecule has 1 N–H and O–H groups in total. The van der Waals surface area contributed by atoms with Gasteiger partial charge in [0.15, 0.2) is 11.6 Å². The van der Waals surface area contributed by atoms with E-state index in [9.17, 15) is 18.3 Å². The number of rotatable bonds is 10. The zero-order chi connectivity index (χ0) is 26.6. The fraction of sp³-hybridized carbons (Fsp3) is 0.444. The maximum atomic E-state index is 15.6. The van der Waals surface area contributed by atoms with Gasteiger partial charge in [0, 0.05) is 47.0 Å². The number of aromatic nitrogens is 1. The molecule has 10 heteroatoms. The Morgan fingerprint density at radius 2 is 1.95 bits per heavy atom. The number of ether oxygens (including phenoxy) is 1. The molecule has 200 valence electrons. The van der Waals surface area contributed by atoms with Crippen LogP contribution in [0.25, 0.3) is 10.9 Å². The molecule has 0 amide bonds. The highest BCUT2D eigenvalue weighted by molar-refractivity contribution is 7.99. The molecule has 0 saturated carbocycles. The number of aliphatic hydroxyl groups excluding tert-OH is 1. The Morgan fingerprint density at radius 3 is 2.65 bits per heavy atom. The van der Waals surface area contributed by atoms with Crippen LogP contribution in [0.5, 0.6) is 5.75 Å². The summed E-state index contributed by atoms with van der Waals surface area (Å²) in [5.74, 6) is -1.98. The number of halogens is 5. The molecule has 4 rings (SSSR count). The number of thioether (sulfide) groups is 1. The van der Waals surface area contributed by atoms with Gasteiger partial charge < -0.3 is 14.7 Å². The molecular weight excluding hydrogens is 528 g/mol. The molecule has 37 heavy (non-hydrogen) atoms. The minimum atomic E-state index is -1.33. The molecule has 1 aliphatic rings. The lowest BCUT2D eigenvalue weighted by molar-refractivity contribution is 0.0323. The largest absolute Gasteiger partial charge is 0.497 e. The summed E-state index contributed by atoms with van der Waals surface area (Å²) in [5, 5.41) is 11.1. The number of alkyl halides is 1. The SMILES string of the molecule is COc1ccc2ncc(Cl)c([C@@H](F)CCC3(CO)CCN(CCSc4cc(F)cc(F)c4F)CC3)c2c1. The molecule has 1 aromatic heterocycles. The van der Waals surface area contributed by atoms with Gasteiger partial charge in [0.05, 0.1) is 17.6 Å². The maximum absolute atomic E-state index is 15.6. The third-order valence-electron chi connectivity index (χ3n) is 7.19. The van der Waals surface area contributed by atoms with Crippen molar-refractivity contribution in [3.63, 3.8) is 0 Å². The zero-order valence-corrected chi connectivity index (χ0v) is 22.0. The van der Waals surface area contributed by atoms with E-state index < -0.39 is 29.0 Å². The van der Waals surface area contributed by atoms with Crippen LogP contribution in [-0.4, -0.2) is 54.1 Å². The van der Waals surface area contributed by atoms with Gasteiger partial charge in [-0.1, -0.05) is 11.6 Å². The molecule has 4 nitrogen and oxygen atoms in total. The second kappa shape index (κ2) is 12.2. The molecule has 1 aliphatic heterocycles. The summed E-state index contributed by atoms with van der Waals surface area (Å²) in [4.78, 5) is 6.40. The van der Waals surface area contributed by atoms with Crippen LogP contribution >= 0.6 is 23.4 Å². The number of pyridine rings is 1. The summed E-state index contributed by atoms with van der Waals surface area (Å²) in [5.41, 5.74) is 0.611. The average molecular weight is 557 g/mol.